The Morgan fingerprint density at radius 3 is 2.41 bits per heavy atom. The number of amides is 3. The Labute approximate surface area is 465 Å². The zero-order valence-electron chi connectivity index (χ0n) is 46.2. The maximum Gasteiger partial charge on any atom is 0.318 e. The number of carbonyl (C=O) groups excluding carboxylic acids is 4. The van der Waals surface area contributed by atoms with Crippen molar-refractivity contribution in [2.75, 3.05) is 89.4 Å². The number of hydrogen-bond donors (Lipinski definition) is 2. The lowest BCUT2D eigenvalue weighted by atomic mass is 9.96. The quantitative estimate of drug-likeness (QED) is 0.0768. The van der Waals surface area contributed by atoms with Crippen molar-refractivity contribution in [1.29, 1.82) is 0 Å². The number of rotatable bonds is 17. The summed E-state index contributed by atoms with van der Waals surface area (Å²) in [6.07, 6.45) is 21.7. The van der Waals surface area contributed by atoms with E-state index in [0.717, 1.165) is 83.2 Å². The number of likely N-dealkylation sites (tertiary alicyclic amines) is 1. The van der Waals surface area contributed by atoms with E-state index in [1.807, 2.05) is 31.5 Å². The predicted molar refractivity (Wildman–Crippen MR) is 303 cm³/mol. The van der Waals surface area contributed by atoms with Gasteiger partial charge in [-0.1, -0.05) is 47.5 Å². The maximum atomic E-state index is 16.1. The predicted octanol–water partition coefficient (Wildman–Crippen LogP) is 6.25. The van der Waals surface area contributed by atoms with Crippen LogP contribution in [0.2, 0.25) is 0 Å². The van der Waals surface area contributed by atoms with Crippen molar-refractivity contribution in [2.24, 2.45) is 5.92 Å². The van der Waals surface area contributed by atoms with Crippen molar-refractivity contribution in [3.63, 3.8) is 0 Å². The number of piperazine rings is 1. The number of piperidine rings is 1. The van der Waals surface area contributed by atoms with Gasteiger partial charge in [-0.05, 0) is 87.8 Å². The molecule has 21 heteroatoms. The Morgan fingerprint density at radius 1 is 0.950 bits per heavy atom. The van der Waals surface area contributed by atoms with Crippen LogP contribution in [0.3, 0.4) is 0 Å². The molecule has 19 nitrogen and oxygen atoms in total. The van der Waals surface area contributed by atoms with Gasteiger partial charge in [0.05, 0.1) is 42.2 Å². The fourth-order valence-electron chi connectivity index (χ4n) is 12.3. The highest BCUT2D eigenvalue weighted by Crippen LogP contribution is 2.40. The number of nitrogens with one attached hydrogen (secondary N) is 2. The Balaban J connectivity index is 0.000000162. The van der Waals surface area contributed by atoms with Gasteiger partial charge in [-0.25, -0.2) is 8.78 Å². The van der Waals surface area contributed by atoms with Crippen LogP contribution in [0.5, 0.6) is 6.01 Å². The summed E-state index contributed by atoms with van der Waals surface area (Å²) in [7, 11) is 8.24. The summed E-state index contributed by atoms with van der Waals surface area (Å²) in [6.45, 7) is 5.98. The van der Waals surface area contributed by atoms with Crippen LogP contribution in [0.25, 0.3) is 44.2 Å². The molecule has 5 atom stereocenters. The lowest BCUT2D eigenvalue weighted by Crippen LogP contribution is -2.51. The molecule has 5 unspecified atom stereocenters. The Morgan fingerprint density at radius 2 is 1.71 bits per heavy atom. The van der Waals surface area contributed by atoms with Gasteiger partial charge in [-0.3, -0.25) is 28.9 Å². The van der Waals surface area contributed by atoms with E-state index in [1.165, 1.54) is 50.3 Å². The van der Waals surface area contributed by atoms with Crippen LogP contribution in [-0.4, -0.2) is 170 Å². The number of pyridine rings is 1. The van der Waals surface area contributed by atoms with E-state index < -0.39 is 17.7 Å². The van der Waals surface area contributed by atoms with Gasteiger partial charge in [0, 0.05) is 114 Å². The van der Waals surface area contributed by atoms with E-state index in [1.54, 1.807) is 66.1 Å². The number of anilines is 3. The fourth-order valence-corrected chi connectivity index (χ4v) is 12.3. The molecule has 0 radical (unpaired) electrons. The highest BCUT2D eigenvalue weighted by Gasteiger charge is 2.37. The lowest BCUT2D eigenvalue weighted by molar-refractivity contribution is -0.122. The number of methoxy groups -OCH3 is 2. The molecule has 3 aromatic carbocycles. The first-order valence-electron chi connectivity index (χ1n) is 27.5. The van der Waals surface area contributed by atoms with Gasteiger partial charge in [0.1, 0.15) is 40.9 Å². The molecule has 5 aliphatic heterocycles. The van der Waals surface area contributed by atoms with E-state index in [2.05, 4.69) is 51.6 Å². The summed E-state index contributed by atoms with van der Waals surface area (Å²) in [6, 6.07) is 15.6. The van der Waals surface area contributed by atoms with E-state index in [0.29, 0.717) is 87.5 Å². The number of likely N-dealkylation sites (N-methyl/N-ethyl adjacent to an activating group) is 2. The van der Waals surface area contributed by atoms with Crippen molar-refractivity contribution in [3.05, 3.63) is 78.1 Å². The smallest absolute Gasteiger partial charge is 0.318 e. The van der Waals surface area contributed by atoms with Crippen molar-refractivity contribution < 1.29 is 37.4 Å². The number of terminal acetylenes is 1. The average molecular weight is 1100 g/mol. The average Bonchev–Trinajstić information content (AvgIpc) is 4.33. The van der Waals surface area contributed by atoms with Crippen LogP contribution in [0.15, 0.2) is 60.9 Å². The molecule has 5 fully saturated rings. The summed E-state index contributed by atoms with van der Waals surface area (Å²) in [5.41, 5.74) is 3.20. The highest BCUT2D eigenvalue weighted by molar-refractivity contribution is 6.02. The number of halogens is 2. The third kappa shape index (κ3) is 12.2. The summed E-state index contributed by atoms with van der Waals surface area (Å²) in [5.74, 6) is 2.03. The molecule has 0 saturated carbocycles. The van der Waals surface area contributed by atoms with Crippen LogP contribution in [-0.2, 0) is 30.5 Å². The van der Waals surface area contributed by atoms with E-state index >= 15 is 4.39 Å². The summed E-state index contributed by atoms with van der Waals surface area (Å²) in [4.78, 5) is 69.5. The van der Waals surface area contributed by atoms with E-state index in [9.17, 15) is 23.6 Å². The zero-order chi connectivity index (χ0) is 56.5. The molecule has 5 saturated heterocycles. The molecule has 422 valence electrons. The largest absolute Gasteiger partial charge is 0.467 e. The van der Waals surface area contributed by atoms with Crippen LogP contribution in [0, 0.1) is 29.9 Å². The second-order valence-electron chi connectivity index (χ2n) is 21.2. The molecule has 80 heavy (non-hydrogen) atoms. The SMILES string of the molecule is C#Cc1c(F)ccc2cccc(-c3ncc4c(N5CC6CCC(C5)N6)nc(OC)nc4c3F)c12.CNC(=O)C(CCC=O)N(C)c1cccc(-c2cn(CC3CCN(C=O)CC3)nn2)c1N(C)C=O.COCC1CCC2CCCN21. The van der Waals surface area contributed by atoms with Gasteiger partial charge >= 0.3 is 6.01 Å². The van der Waals surface area contributed by atoms with Crippen molar-refractivity contribution in [1.82, 2.24) is 50.4 Å². The standard InChI is InChI=1S/C26H21F2N5O.C24H33N7O4.C9H17NO/c1-3-17-20(27)10-7-14-5-4-6-18(21(14)17)23-22(28)24-19(11-29-23)25(32-26(31-24)34-2)33-12-15-8-9-16(13-33)30-15;1-25-24(35)22(8-5-13-32)29(3)21-7-4-6-19(23(21)28(2)16-33)20-15-31(27-26-20)14-18-9-11-30(17-34)12-10-18;1-11-7-9-5-4-8-3-2-6-10(8)9/h1,4-7,10-11,15-16,30H,8-9,12-13H2,2H3;4,6-7,13,15-18,22H,5,8-12,14H2,1-3H3,(H,25,35);8-9H,2-7H2,1H3. The third-order valence-corrected chi connectivity index (χ3v) is 16.4. The zero-order valence-corrected chi connectivity index (χ0v) is 46.2. The van der Waals surface area contributed by atoms with Crippen molar-refractivity contribution in [3.8, 4) is 40.9 Å². The monoisotopic (exact) mass is 1100 g/mol. The van der Waals surface area contributed by atoms with Gasteiger partial charge in [-0.2, -0.15) is 9.97 Å². The molecule has 0 spiro atoms. The summed E-state index contributed by atoms with van der Waals surface area (Å²) < 4.78 is 42.9. The van der Waals surface area contributed by atoms with Gasteiger partial charge in [-0.15, -0.1) is 11.5 Å². The number of aromatic nitrogens is 6. The van der Waals surface area contributed by atoms with Crippen LogP contribution in [0.1, 0.15) is 69.8 Å². The molecule has 0 aliphatic carbocycles. The van der Waals surface area contributed by atoms with Gasteiger partial charge in [0.25, 0.3) is 0 Å². The van der Waals surface area contributed by atoms with Crippen LogP contribution < -0.4 is 30.1 Å². The maximum absolute atomic E-state index is 16.1. The van der Waals surface area contributed by atoms with Crippen molar-refractivity contribution in [2.45, 2.75) is 101 Å². The number of ether oxygens (including phenoxy) is 2. The number of benzene rings is 3. The molecule has 5 aliphatic rings. The number of para-hydroxylation sites is 1. The molecular formula is C59H71F2N13O6. The highest BCUT2D eigenvalue weighted by atomic mass is 19.1. The molecule has 11 rings (SSSR count). The number of hydrogen-bond acceptors (Lipinski definition) is 15. The fraction of sp³-hybridized carbons (Fsp3) is 0.475. The molecule has 6 aromatic rings. The minimum atomic E-state index is -0.628. The molecule has 3 aromatic heterocycles. The third-order valence-electron chi connectivity index (χ3n) is 16.4. The van der Waals surface area contributed by atoms with Gasteiger partial charge in [0.15, 0.2) is 5.82 Å². The first-order chi connectivity index (χ1) is 38.9. The lowest BCUT2D eigenvalue weighted by Gasteiger charge is -2.34. The minimum Gasteiger partial charge on any atom is -0.467 e. The first kappa shape index (κ1) is 57.0. The van der Waals surface area contributed by atoms with Crippen LogP contribution in [0.4, 0.5) is 26.0 Å². The second kappa shape index (κ2) is 26.1. The van der Waals surface area contributed by atoms with Crippen LogP contribution >= 0.6 is 0 Å². The van der Waals surface area contributed by atoms with E-state index in [-0.39, 0.29) is 35.1 Å². The Hall–Kier alpha value is -7.67. The summed E-state index contributed by atoms with van der Waals surface area (Å²) >= 11 is 0. The van der Waals surface area contributed by atoms with E-state index in [4.69, 9.17) is 15.9 Å². The molecular weight excluding hydrogens is 1020 g/mol. The number of fused-ring (bicyclic) bond motifs is 5. The normalized spacial score (nSPS) is 20.0. The number of aldehydes is 1. The van der Waals surface area contributed by atoms with Gasteiger partial charge < -0.3 is 44.5 Å². The van der Waals surface area contributed by atoms with Crippen molar-refractivity contribution >= 4 is 63.9 Å². The topological polar surface area (TPSA) is 196 Å². The molecule has 8 heterocycles. The minimum absolute atomic E-state index is 0.0484. The molecule has 2 N–H and O–H groups in total. The number of nitrogens with zero attached hydrogens (tertiary/aromatic N) is 11. The second-order valence-corrected chi connectivity index (χ2v) is 21.2. The molecule has 3 amide bonds. The first-order valence-corrected chi connectivity index (χ1v) is 27.5. The Kier molecular flexibility index (Phi) is 18.6. The summed E-state index contributed by atoms with van der Waals surface area (Å²) in [5, 5.41) is 16.6. The Bertz CT molecular complexity index is 3210. The van der Waals surface area contributed by atoms with Gasteiger partial charge in [0.2, 0.25) is 18.7 Å². The molecule has 2 bridgehead atoms. The number of carbonyl (C=O) groups is 4.